The number of anilines is 1. The third-order valence-corrected chi connectivity index (χ3v) is 5.78. The Morgan fingerprint density at radius 1 is 1.08 bits per heavy atom. The number of hydrogen-bond acceptors (Lipinski definition) is 5. The molecule has 190 valence electrons. The van der Waals surface area contributed by atoms with Gasteiger partial charge in [0.05, 0.1) is 5.56 Å². The fourth-order valence-electron chi connectivity index (χ4n) is 3.70. The summed E-state index contributed by atoms with van der Waals surface area (Å²) in [6.07, 6.45) is 1.16. The fourth-order valence-corrected chi connectivity index (χ4v) is 3.70. The van der Waals surface area contributed by atoms with Gasteiger partial charge in [-0.2, -0.15) is 13.2 Å². The number of ether oxygens (including phenoxy) is 1. The Morgan fingerprint density at radius 2 is 1.78 bits per heavy atom. The molecule has 0 bridgehead atoms. The summed E-state index contributed by atoms with van der Waals surface area (Å²) in [6.45, 7) is 3.49. The van der Waals surface area contributed by atoms with Gasteiger partial charge < -0.3 is 15.0 Å². The number of hydrogen-bond donors (Lipinski definition) is 1. The van der Waals surface area contributed by atoms with Crippen molar-refractivity contribution >= 4 is 17.9 Å². The molecule has 0 radical (unpaired) electrons. The van der Waals surface area contributed by atoms with E-state index in [4.69, 9.17) is 4.74 Å². The van der Waals surface area contributed by atoms with E-state index < -0.39 is 11.7 Å². The molecule has 2 aromatic carbocycles. The van der Waals surface area contributed by atoms with Gasteiger partial charge in [-0.1, -0.05) is 18.2 Å². The predicted octanol–water partition coefficient (Wildman–Crippen LogP) is 5.63. The molecular formula is C27H28F3N3O3. The van der Waals surface area contributed by atoms with Crippen molar-refractivity contribution in [3.63, 3.8) is 0 Å². The maximum atomic E-state index is 12.5. The van der Waals surface area contributed by atoms with E-state index in [1.165, 1.54) is 12.1 Å². The minimum atomic E-state index is -4.38. The number of aromatic nitrogens is 1. The number of carbonyl (C=O) groups is 2. The first-order valence-corrected chi connectivity index (χ1v) is 11.5. The van der Waals surface area contributed by atoms with Crippen LogP contribution in [0.25, 0.3) is 0 Å². The Balaban J connectivity index is 0.000000253. The van der Waals surface area contributed by atoms with Crippen LogP contribution in [0.3, 0.4) is 0 Å². The normalized spacial score (nSPS) is 13.9. The molecule has 1 amide bonds. The second-order valence-electron chi connectivity index (χ2n) is 8.32. The van der Waals surface area contributed by atoms with Crippen LogP contribution >= 0.6 is 0 Å². The highest BCUT2D eigenvalue weighted by Crippen LogP contribution is 2.29. The maximum absolute atomic E-state index is 12.5. The molecule has 1 N–H and O–H groups in total. The summed E-state index contributed by atoms with van der Waals surface area (Å²) >= 11 is 0. The lowest BCUT2D eigenvalue weighted by atomic mass is 10.1. The number of halogens is 3. The number of aldehydes is 1. The molecule has 0 saturated carbocycles. The van der Waals surface area contributed by atoms with Gasteiger partial charge in [0.25, 0.3) is 5.91 Å². The van der Waals surface area contributed by atoms with Gasteiger partial charge in [-0.3, -0.25) is 14.6 Å². The number of nitrogens with one attached hydrogen (secondary N) is 1. The summed E-state index contributed by atoms with van der Waals surface area (Å²) in [5, 5.41) is 3.13. The van der Waals surface area contributed by atoms with Crippen LogP contribution in [0.15, 0.2) is 67.0 Å². The molecule has 1 aliphatic heterocycles. The van der Waals surface area contributed by atoms with E-state index in [1.54, 1.807) is 24.5 Å². The summed E-state index contributed by atoms with van der Waals surface area (Å²) in [6, 6.07) is 13.9. The molecule has 1 aliphatic rings. The van der Waals surface area contributed by atoms with E-state index in [1.807, 2.05) is 24.1 Å². The standard InChI is InChI=1S/C19H23N3O2.C8H5F3O/c1-14-3-4-16(20-2)13-18(14)24-17-7-11-22(12-8-17)19(23)15-5-9-21-10-6-15;9-8(10,11)7-3-1-2-6(4-7)5-12/h3-6,9-10,13,17,20H,7-8,11-12H2,1-2H3;1-5H. The number of amides is 1. The average Bonchev–Trinajstić information content (AvgIpc) is 2.90. The first-order chi connectivity index (χ1) is 17.2. The smallest absolute Gasteiger partial charge is 0.416 e. The van der Waals surface area contributed by atoms with Crippen molar-refractivity contribution in [1.82, 2.24) is 9.88 Å². The van der Waals surface area contributed by atoms with Crippen LogP contribution in [0.1, 0.15) is 44.7 Å². The largest absolute Gasteiger partial charge is 0.490 e. The van der Waals surface area contributed by atoms with Crippen molar-refractivity contribution < 1.29 is 27.5 Å². The zero-order valence-electron chi connectivity index (χ0n) is 20.1. The van der Waals surface area contributed by atoms with Crippen LogP contribution in [0.2, 0.25) is 0 Å². The molecule has 1 fully saturated rings. The summed E-state index contributed by atoms with van der Waals surface area (Å²) in [7, 11) is 1.90. The highest BCUT2D eigenvalue weighted by atomic mass is 19.4. The van der Waals surface area contributed by atoms with Crippen LogP contribution in [0.4, 0.5) is 18.9 Å². The molecule has 0 unspecified atom stereocenters. The summed E-state index contributed by atoms with van der Waals surface area (Å²) in [5.74, 6) is 0.991. The second-order valence-corrected chi connectivity index (χ2v) is 8.32. The van der Waals surface area contributed by atoms with Gasteiger partial charge in [0, 0.05) is 68.3 Å². The first-order valence-electron chi connectivity index (χ1n) is 11.5. The predicted molar refractivity (Wildman–Crippen MR) is 131 cm³/mol. The Morgan fingerprint density at radius 3 is 2.39 bits per heavy atom. The molecule has 1 saturated heterocycles. The van der Waals surface area contributed by atoms with Gasteiger partial charge in [0.15, 0.2) is 0 Å². The Hall–Kier alpha value is -3.88. The molecule has 0 aliphatic carbocycles. The molecule has 4 rings (SSSR count). The number of carbonyl (C=O) groups excluding carboxylic acids is 2. The molecule has 6 nitrogen and oxygen atoms in total. The lowest BCUT2D eigenvalue weighted by molar-refractivity contribution is -0.137. The Kier molecular flexibility index (Phi) is 9.05. The van der Waals surface area contributed by atoms with Crippen molar-refractivity contribution in [2.24, 2.45) is 0 Å². The number of benzene rings is 2. The van der Waals surface area contributed by atoms with Crippen molar-refractivity contribution in [3.05, 3.63) is 89.2 Å². The van der Waals surface area contributed by atoms with Gasteiger partial charge in [-0.25, -0.2) is 0 Å². The molecule has 9 heteroatoms. The highest BCUT2D eigenvalue weighted by Gasteiger charge is 2.30. The molecular weight excluding hydrogens is 471 g/mol. The number of likely N-dealkylation sites (tertiary alicyclic amines) is 1. The van der Waals surface area contributed by atoms with Gasteiger partial charge in [0.1, 0.15) is 18.1 Å². The van der Waals surface area contributed by atoms with Crippen molar-refractivity contribution in [3.8, 4) is 5.75 Å². The Bertz CT molecular complexity index is 1160. The van der Waals surface area contributed by atoms with Crippen LogP contribution in [-0.2, 0) is 6.18 Å². The van der Waals surface area contributed by atoms with Crippen LogP contribution in [0.5, 0.6) is 5.75 Å². The van der Waals surface area contributed by atoms with Crippen molar-refractivity contribution in [1.29, 1.82) is 0 Å². The maximum Gasteiger partial charge on any atom is 0.416 e. The number of rotatable bonds is 5. The number of aryl methyl sites for hydroxylation is 1. The number of piperidine rings is 1. The van der Waals surface area contributed by atoms with Crippen molar-refractivity contribution in [2.75, 3.05) is 25.5 Å². The molecule has 3 aromatic rings. The van der Waals surface area contributed by atoms with Gasteiger partial charge >= 0.3 is 6.18 Å². The first kappa shape index (κ1) is 26.7. The van der Waals surface area contributed by atoms with Gasteiger partial charge in [-0.15, -0.1) is 0 Å². The van der Waals surface area contributed by atoms with Crippen LogP contribution in [-0.4, -0.2) is 48.3 Å². The van der Waals surface area contributed by atoms with Gasteiger partial charge in [0.2, 0.25) is 0 Å². The van der Waals surface area contributed by atoms with E-state index in [9.17, 15) is 22.8 Å². The van der Waals surface area contributed by atoms with E-state index in [0.717, 1.165) is 55.1 Å². The quantitative estimate of drug-likeness (QED) is 0.461. The molecule has 1 aromatic heterocycles. The molecule has 2 heterocycles. The van der Waals surface area contributed by atoms with E-state index in [-0.39, 0.29) is 17.6 Å². The third kappa shape index (κ3) is 7.31. The zero-order chi connectivity index (χ0) is 26.1. The topological polar surface area (TPSA) is 71.5 Å². The molecule has 0 atom stereocenters. The highest BCUT2D eigenvalue weighted by molar-refractivity contribution is 5.94. The summed E-state index contributed by atoms with van der Waals surface area (Å²) in [4.78, 5) is 28.4. The second kappa shape index (κ2) is 12.2. The van der Waals surface area contributed by atoms with E-state index in [2.05, 4.69) is 23.3 Å². The van der Waals surface area contributed by atoms with Gasteiger partial charge in [-0.05, 0) is 42.8 Å². The average molecular weight is 500 g/mol. The lowest BCUT2D eigenvalue weighted by Gasteiger charge is -2.32. The number of pyridine rings is 1. The molecule has 36 heavy (non-hydrogen) atoms. The van der Waals surface area contributed by atoms with Crippen molar-refractivity contribution in [2.45, 2.75) is 32.0 Å². The Labute approximate surface area is 208 Å². The van der Waals surface area contributed by atoms with E-state index >= 15 is 0 Å². The lowest BCUT2D eigenvalue weighted by Crippen LogP contribution is -2.41. The number of alkyl halides is 3. The fraction of sp³-hybridized carbons (Fsp3) is 0.296. The summed E-state index contributed by atoms with van der Waals surface area (Å²) < 4.78 is 42.1. The number of nitrogens with zero attached hydrogens (tertiary/aromatic N) is 2. The van der Waals surface area contributed by atoms with E-state index in [0.29, 0.717) is 11.8 Å². The SMILES string of the molecule is CNc1ccc(C)c(OC2CCN(C(=O)c3ccncc3)CC2)c1.O=Cc1cccc(C(F)(F)F)c1. The zero-order valence-corrected chi connectivity index (χ0v) is 20.1. The summed E-state index contributed by atoms with van der Waals surface area (Å²) in [5.41, 5.74) is 2.10. The monoisotopic (exact) mass is 499 g/mol. The minimum Gasteiger partial charge on any atom is -0.490 e. The van der Waals surface area contributed by atoms with Crippen LogP contribution in [0, 0.1) is 6.92 Å². The third-order valence-electron chi connectivity index (χ3n) is 5.78. The minimum absolute atomic E-state index is 0.0322. The molecule has 0 spiro atoms. The van der Waals surface area contributed by atoms with Crippen LogP contribution < -0.4 is 10.1 Å².